The van der Waals surface area contributed by atoms with Crippen molar-refractivity contribution >= 4 is 11.9 Å². The summed E-state index contributed by atoms with van der Waals surface area (Å²) in [6, 6.07) is 9.41. The number of rotatable bonds is 9. The van der Waals surface area contributed by atoms with Gasteiger partial charge in [-0.25, -0.2) is 9.69 Å². The number of alkyl halides is 5. The third-order valence-corrected chi connectivity index (χ3v) is 5.10. The summed E-state index contributed by atoms with van der Waals surface area (Å²) >= 11 is 0. The van der Waals surface area contributed by atoms with Crippen LogP contribution in [-0.2, 0) is 16.9 Å². The Balaban J connectivity index is 1.80. The van der Waals surface area contributed by atoms with Crippen molar-refractivity contribution in [1.29, 1.82) is 0 Å². The van der Waals surface area contributed by atoms with Crippen LogP contribution in [0.5, 0.6) is 11.5 Å². The number of hydrogen-bond donors (Lipinski definition) is 1. The van der Waals surface area contributed by atoms with Crippen LogP contribution in [0.2, 0.25) is 0 Å². The summed E-state index contributed by atoms with van der Waals surface area (Å²) in [7, 11) is 1.49. The van der Waals surface area contributed by atoms with Gasteiger partial charge < -0.3 is 14.8 Å². The number of carbonyl (C=O) groups excluding carboxylic acids is 2. The third kappa shape index (κ3) is 4.91. The van der Waals surface area contributed by atoms with Crippen molar-refractivity contribution in [1.82, 2.24) is 15.1 Å². The molecule has 12 heteroatoms. The molecule has 2 aromatic carbocycles. The smallest absolute Gasteiger partial charge is 0.425 e. The standard InChI is InChI=1S/C22H22F5N3O4/c1-3-33-17-11-14(9-10-16(17)34-19(23)24)12-29(2)13-30-18(31)21(22(25,26)27,28-20(30)32)15-7-5-4-6-8-15/h4-11,19H,3,12-13H2,1-2H3,(H,28,32). The molecular formula is C22H22F5N3O4. The van der Waals surface area contributed by atoms with Crippen LogP contribution in [-0.4, -0.2) is 54.8 Å². The predicted molar refractivity (Wildman–Crippen MR) is 110 cm³/mol. The van der Waals surface area contributed by atoms with E-state index in [1.807, 2.05) is 5.32 Å². The topological polar surface area (TPSA) is 71.1 Å². The highest BCUT2D eigenvalue weighted by atomic mass is 19.4. The van der Waals surface area contributed by atoms with Gasteiger partial charge in [-0.1, -0.05) is 36.4 Å². The molecule has 34 heavy (non-hydrogen) atoms. The van der Waals surface area contributed by atoms with Crippen molar-refractivity contribution in [2.24, 2.45) is 0 Å². The molecule has 1 saturated heterocycles. The highest BCUT2D eigenvalue weighted by Gasteiger charge is 2.68. The SMILES string of the molecule is CCOc1cc(CN(C)CN2C(=O)NC(c3ccccc3)(C(F)(F)F)C2=O)ccc1OC(F)F. The van der Waals surface area contributed by atoms with E-state index in [4.69, 9.17) is 4.74 Å². The van der Waals surface area contributed by atoms with Gasteiger partial charge in [0.1, 0.15) is 0 Å². The van der Waals surface area contributed by atoms with Crippen LogP contribution in [0.15, 0.2) is 48.5 Å². The molecule has 1 heterocycles. The first-order valence-electron chi connectivity index (χ1n) is 10.1. The number of amides is 3. The van der Waals surface area contributed by atoms with E-state index < -0.39 is 42.5 Å². The maximum atomic E-state index is 14.1. The van der Waals surface area contributed by atoms with Crippen molar-refractivity contribution in [3.05, 3.63) is 59.7 Å². The lowest BCUT2D eigenvalue weighted by Gasteiger charge is -2.30. The molecule has 0 aromatic heterocycles. The number of nitrogens with one attached hydrogen (secondary N) is 1. The fourth-order valence-electron chi connectivity index (χ4n) is 3.66. The van der Waals surface area contributed by atoms with E-state index in [1.165, 1.54) is 48.3 Å². The van der Waals surface area contributed by atoms with Crippen molar-refractivity contribution < 1.29 is 41.0 Å². The molecule has 7 nitrogen and oxygen atoms in total. The number of urea groups is 1. The molecule has 0 aliphatic carbocycles. The minimum Gasteiger partial charge on any atom is -0.490 e. The molecule has 1 N–H and O–H groups in total. The van der Waals surface area contributed by atoms with E-state index in [1.54, 1.807) is 6.92 Å². The summed E-state index contributed by atoms with van der Waals surface area (Å²) in [6.07, 6.45) is -5.08. The molecule has 0 spiro atoms. The van der Waals surface area contributed by atoms with Gasteiger partial charge in [-0.3, -0.25) is 9.69 Å². The molecule has 1 fully saturated rings. The zero-order valence-corrected chi connectivity index (χ0v) is 18.2. The van der Waals surface area contributed by atoms with Crippen LogP contribution < -0.4 is 14.8 Å². The number of benzene rings is 2. The Labute approximate surface area is 192 Å². The Morgan fingerprint density at radius 3 is 2.35 bits per heavy atom. The van der Waals surface area contributed by atoms with Gasteiger partial charge in [0.05, 0.1) is 13.3 Å². The first kappa shape index (κ1) is 25.2. The van der Waals surface area contributed by atoms with Gasteiger partial charge in [-0.05, 0) is 37.2 Å². The normalized spacial score (nSPS) is 18.6. The number of hydrogen-bond acceptors (Lipinski definition) is 5. The van der Waals surface area contributed by atoms with Gasteiger partial charge in [0.25, 0.3) is 5.91 Å². The molecule has 3 amide bonds. The molecule has 1 atom stereocenters. The van der Waals surface area contributed by atoms with Crippen LogP contribution in [0.4, 0.5) is 26.7 Å². The second kappa shape index (κ2) is 9.84. The molecule has 1 aliphatic rings. The lowest BCUT2D eigenvalue weighted by molar-refractivity contribution is -0.198. The zero-order chi connectivity index (χ0) is 25.1. The van der Waals surface area contributed by atoms with E-state index in [0.29, 0.717) is 10.5 Å². The number of ether oxygens (including phenoxy) is 2. The summed E-state index contributed by atoms with van der Waals surface area (Å²) in [5.74, 6) is -1.56. The number of imide groups is 1. The molecule has 2 aromatic rings. The highest BCUT2D eigenvalue weighted by Crippen LogP contribution is 2.43. The molecule has 1 aliphatic heterocycles. The first-order chi connectivity index (χ1) is 16.0. The van der Waals surface area contributed by atoms with Crippen LogP contribution in [0.1, 0.15) is 18.1 Å². The van der Waals surface area contributed by atoms with Crippen molar-refractivity contribution in [3.63, 3.8) is 0 Å². The van der Waals surface area contributed by atoms with E-state index in [2.05, 4.69) is 4.74 Å². The van der Waals surface area contributed by atoms with Crippen molar-refractivity contribution in [3.8, 4) is 11.5 Å². The molecule has 1 unspecified atom stereocenters. The van der Waals surface area contributed by atoms with Crippen LogP contribution in [0, 0.1) is 0 Å². The van der Waals surface area contributed by atoms with Crippen LogP contribution in [0.3, 0.4) is 0 Å². The van der Waals surface area contributed by atoms with Gasteiger partial charge in [0.2, 0.25) is 5.54 Å². The lowest BCUT2D eigenvalue weighted by Crippen LogP contribution is -2.56. The van der Waals surface area contributed by atoms with Crippen molar-refractivity contribution in [2.75, 3.05) is 20.3 Å². The Morgan fingerprint density at radius 2 is 1.76 bits per heavy atom. The molecule has 0 saturated carbocycles. The maximum absolute atomic E-state index is 14.1. The van der Waals surface area contributed by atoms with Gasteiger partial charge in [-0.15, -0.1) is 0 Å². The summed E-state index contributed by atoms with van der Waals surface area (Å²) in [4.78, 5) is 27.3. The first-order valence-corrected chi connectivity index (χ1v) is 10.1. The lowest BCUT2D eigenvalue weighted by atomic mass is 9.89. The molecule has 0 bridgehead atoms. The number of nitrogens with zero attached hydrogens (tertiary/aromatic N) is 2. The highest BCUT2D eigenvalue weighted by molar-refractivity contribution is 6.08. The zero-order valence-electron chi connectivity index (χ0n) is 18.2. The summed E-state index contributed by atoms with van der Waals surface area (Å²) in [5, 5.41) is 1.82. The number of halogens is 5. The fraction of sp³-hybridized carbons (Fsp3) is 0.364. The maximum Gasteiger partial charge on any atom is 0.425 e. The molecule has 3 rings (SSSR count). The van der Waals surface area contributed by atoms with Gasteiger partial charge in [0.15, 0.2) is 11.5 Å². The average molecular weight is 487 g/mol. The fourth-order valence-corrected chi connectivity index (χ4v) is 3.66. The van der Waals surface area contributed by atoms with E-state index in [9.17, 15) is 31.5 Å². The molecular weight excluding hydrogens is 465 g/mol. The molecule has 0 radical (unpaired) electrons. The largest absolute Gasteiger partial charge is 0.490 e. The summed E-state index contributed by atoms with van der Waals surface area (Å²) in [5.41, 5.74) is -3.06. The number of carbonyl (C=O) groups is 2. The average Bonchev–Trinajstić information content (AvgIpc) is 3.01. The van der Waals surface area contributed by atoms with Crippen molar-refractivity contribution in [2.45, 2.75) is 31.8 Å². The Morgan fingerprint density at radius 1 is 1.09 bits per heavy atom. The third-order valence-electron chi connectivity index (χ3n) is 5.10. The van der Waals surface area contributed by atoms with Gasteiger partial charge in [0, 0.05) is 6.54 Å². The van der Waals surface area contributed by atoms with Gasteiger partial charge in [-0.2, -0.15) is 22.0 Å². The van der Waals surface area contributed by atoms with E-state index in [0.717, 1.165) is 12.1 Å². The minimum atomic E-state index is -5.08. The summed E-state index contributed by atoms with van der Waals surface area (Å²) in [6.45, 7) is -1.60. The second-order valence-electron chi connectivity index (χ2n) is 7.53. The Kier molecular flexibility index (Phi) is 7.29. The monoisotopic (exact) mass is 487 g/mol. The van der Waals surface area contributed by atoms with Gasteiger partial charge >= 0.3 is 18.8 Å². The van der Waals surface area contributed by atoms with E-state index >= 15 is 0 Å². The molecule has 184 valence electrons. The minimum absolute atomic E-state index is 0.0591. The second-order valence-corrected chi connectivity index (χ2v) is 7.53. The van der Waals surface area contributed by atoms with E-state index in [-0.39, 0.29) is 24.7 Å². The quantitative estimate of drug-likeness (QED) is 0.426. The summed E-state index contributed by atoms with van der Waals surface area (Å²) < 4.78 is 77.1. The Hall–Kier alpha value is -3.41. The Bertz CT molecular complexity index is 1030. The van der Waals surface area contributed by atoms with Crippen LogP contribution >= 0.6 is 0 Å². The van der Waals surface area contributed by atoms with Crippen LogP contribution in [0.25, 0.3) is 0 Å². The predicted octanol–water partition coefficient (Wildman–Crippen LogP) is 4.09.